The number of aromatic nitrogens is 2. The minimum atomic E-state index is -4.12. The minimum Gasteiger partial charge on any atom is -0.312 e. The molecule has 0 unspecified atom stereocenters. The van der Waals surface area contributed by atoms with Gasteiger partial charge < -0.3 is 5.32 Å². The molecule has 1 fully saturated rings. The largest absolute Gasteiger partial charge is 0.391 e. The smallest absolute Gasteiger partial charge is 0.312 e. The molecule has 1 saturated carbocycles. The van der Waals surface area contributed by atoms with Crippen molar-refractivity contribution in [2.24, 2.45) is 5.92 Å². The standard InChI is InChI=1S/C12H17F3N4O2/c13-12(14,15)9-2-1-3-10(6-9)16-4-5-18-8-11(7-17-18)19(20)21/h7-10,16H,1-6H2/t9-,10-/m0/s1. The molecule has 1 aromatic rings. The van der Waals surface area contributed by atoms with Gasteiger partial charge in [0.1, 0.15) is 12.4 Å². The van der Waals surface area contributed by atoms with Crippen LogP contribution in [0.1, 0.15) is 25.7 Å². The van der Waals surface area contributed by atoms with Gasteiger partial charge in [-0.05, 0) is 19.3 Å². The Morgan fingerprint density at radius 2 is 2.24 bits per heavy atom. The summed E-state index contributed by atoms with van der Waals surface area (Å²) in [7, 11) is 0. The van der Waals surface area contributed by atoms with Crippen LogP contribution < -0.4 is 5.32 Å². The molecule has 6 nitrogen and oxygen atoms in total. The van der Waals surface area contributed by atoms with Crippen molar-refractivity contribution in [1.82, 2.24) is 15.1 Å². The van der Waals surface area contributed by atoms with Gasteiger partial charge in [0.25, 0.3) is 0 Å². The van der Waals surface area contributed by atoms with E-state index >= 15 is 0 Å². The van der Waals surface area contributed by atoms with Crippen LogP contribution in [0.5, 0.6) is 0 Å². The maximum Gasteiger partial charge on any atom is 0.391 e. The summed E-state index contributed by atoms with van der Waals surface area (Å²) < 4.78 is 39.4. The fourth-order valence-electron chi connectivity index (χ4n) is 2.62. The van der Waals surface area contributed by atoms with Crippen LogP contribution in [0, 0.1) is 16.0 Å². The number of nitrogens with zero attached hydrogens (tertiary/aromatic N) is 3. The number of rotatable bonds is 5. The summed E-state index contributed by atoms with van der Waals surface area (Å²) in [5, 5.41) is 17.4. The summed E-state index contributed by atoms with van der Waals surface area (Å²) in [5.41, 5.74) is -0.0928. The molecule has 2 rings (SSSR count). The third-order valence-electron chi connectivity index (χ3n) is 3.74. The molecule has 0 radical (unpaired) electrons. The van der Waals surface area contributed by atoms with Crippen molar-refractivity contribution in [3.8, 4) is 0 Å². The predicted octanol–water partition coefficient (Wildman–Crippen LogP) is 2.50. The van der Waals surface area contributed by atoms with Crippen LogP contribution in [-0.2, 0) is 6.54 Å². The molecule has 2 atom stereocenters. The monoisotopic (exact) mass is 306 g/mol. The first-order valence-electron chi connectivity index (χ1n) is 6.83. The zero-order chi connectivity index (χ0) is 15.5. The van der Waals surface area contributed by atoms with Gasteiger partial charge in [-0.2, -0.15) is 18.3 Å². The van der Waals surface area contributed by atoms with Gasteiger partial charge in [-0.25, -0.2) is 0 Å². The Hall–Kier alpha value is -1.64. The summed E-state index contributed by atoms with van der Waals surface area (Å²) >= 11 is 0. The van der Waals surface area contributed by atoms with Gasteiger partial charge in [-0.15, -0.1) is 0 Å². The molecule has 0 bridgehead atoms. The van der Waals surface area contributed by atoms with E-state index in [1.165, 1.54) is 10.9 Å². The summed E-state index contributed by atoms with van der Waals surface area (Å²) in [5.74, 6) is -1.23. The van der Waals surface area contributed by atoms with Crippen molar-refractivity contribution in [2.45, 2.75) is 44.4 Å². The number of nitrogens with one attached hydrogen (secondary N) is 1. The summed E-state index contributed by atoms with van der Waals surface area (Å²) in [6.45, 7) is 0.828. The van der Waals surface area contributed by atoms with Gasteiger partial charge in [0.05, 0.1) is 17.4 Å². The Labute approximate surface area is 119 Å². The Morgan fingerprint density at radius 3 is 2.86 bits per heavy atom. The second-order valence-electron chi connectivity index (χ2n) is 5.27. The highest BCUT2D eigenvalue weighted by Crippen LogP contribution is 2.37. The van der Waals surface area contributed by atoms with E-state index in [2.05, 4.69) is 10.4 Å². The number of hydrogen-bond donors (Lipinski definition) is 1. The van der Waals surface area contributed by atoms with E-state index in [0.29, 0.717) is 19.5 Å². The van der Waals surface area contributed by atoms with E-state index < -0.39 is 17.0 Å². The number of hydrogen-bond acceptors (Lipinski definition) is 4. The molecule has 0 spiro atoms. The van der Waals surface area contributed by atoms with Gasteiger partial charge in [-0.1, -0.05) is 6.42 Å². The van der Waals surface area contributed by atoms with Crippen molar-refractivity contribution in [1.29, 1.82) is 0 Å². The van der Waals surface area contributed by atoms with Crippen LogP contribution in [0.3, 0.4) is 0 Å². The molecule has 0 aliphatic heterocycles. The maximum atomic E-state index is 12.7. The van der Waals surface area contributed by atoms with Crippen LogP contribution >= 0.6 is 0 Å². The SMILES string of the molecule is O=[N+]([O-])c1cnn(CCN[C@H]2CCC[C@H](C(F)(F)F)C2)c1. The minimum absolute atomic E-state index is 0.0928. The third kappa shape index (κ3) is 4.42. The van der Waals surface area contributed by atoms with E-state index in [1.54, 1.807) is 0 Å². The fraction of sp³-hybridized carbons (Fsp3) is 0.750. The molecular weight excluding hydrogens is 289 g/mol. The zero-order valence-electron chi connectivity index (χ0n) is 11.3. The number of alkyl halides is 3. The van der Waals surface area contributed by atoms with Crippen LogP contribution in [0.15, 0.2) is 12.4 Å². The van der Waals surface area contributed by atoms with Crippen molar-refractivity contribution in [2.75, 3.05) is 6.54 Å². The Bertz CT molecular complexity index is 489. The number of nitro groups is 1. The lowest BCUT2D eigenvalue weighted by Crippen LogP contribution is -2.39. The van der Waals surface area contributed by atoms with Crippen molar-refractivity contribution in [3.63, 3.8) is 0 Å². The van der Waals surface area contributed by atoms with Gasteiger partial charge in [0, 0.05) is 12.6 Å². The lowest BCUT2D eigenvalue weighted by Gasteiger charge is -2.31. The molecule has 1 aromatic heterocycles. The lowest BCUT2D eigenvalue weighted by atomic mass is 9.85. The van der Waals surface area contributed by atoms with Gasteiger partial charge in [-0.3, -0.25) is 14.8 Å². The molecule has 1 N–H and O–H groups in total. The van der Waals surface area contributed by atoms with E-state index in [9.17, 15) is 23.3 Å². The predicted molar refractivity (Wildman–Crippen MR) is 68.7 cm³/mol. The highest BCUT2D eigenvalue weighted by molar-refractivity contribution is 5.20. The van der Waals surface area contributed by atoms with Crippen LogP contribution in [0.2, 0.25) is 0 Å². The average molecular weight is 306 g/mol. The zero-order valence-corrected chi connectivity index (χ0v) is 11.3. The molecular formula is C12H17F3N4O2. The molecule has 1 aliphatic carbocycles. The van der Waals surface area contributed by atoms with Crippen molar-refractivity contribution < 1.29 is 18.1 Å². The van der Waals surface area contributed by atoms with Gasteiger partial charge in [0.2, 0.25) is 0 Å². The van der Waals surface area contributed by atoms with E-state index in [1.807, 2.05) is 0 Å². The molecule has 21 heavy (non-hydrogen) atoms. The Kier molecular flexibility index (Phi) is 4.81. The molecule has 0 saturated heterocycles. The van der Waals surface area contributed by atoms with Gasteiger partial charge in [0.15, 0.2) is 0 Å². The normalized spacial score (nSPS) is 23.2. The molecule has 118 valence electrons. The lowest BCUT2D eigenvalue weighted by molar-refractivity contribution is -0.385. The number of halogens is 3. The summed E-state index contributed by atoms with van der Waals surface area (Å²) in [6, 6.07) is -0.157. The summed E-state index contributed by atoms with van der Waals surface area (Å²) in [4.78, 5) is 9.96. The van der Waals surface area contributed by atoms with E-state index in [0.717, 1.165) is 12.6 Å². The second kappa shape index (κ2) is 6.42. The first-order chi connectivity index (χ1) is 9.86. The summed E-state index contributed by atoms with van der Waals surface area (Å²) in [6.07, 6.45) is -0.0684. The quantitative estimate of drug-likeness (QED) is 0.670. The first-order valence-corrected chi connectivity index (χ1v) is 6.83. The van der Waals surface area contributed by atoms with Crippen LogP contribution in [0.4, 0.5) is 18.9 Å². The highest BCUT2D eigenvalue weighted by Gasteiger charge is 2.41. The van der Waals surface area contributed by atoms with Gasteiger partial charge >= 0.3 is 11.9 Å². The Balaban J connectivity index is 1.76. The molecule has 9 heteroatoms. The average Bonchev–Trinajstić information content (AvgIpc) is 2.87. The van der Waals surface area contributed by atoms with E-state index in [4.69, 9.17) is 0 Å². The molecule has 0 aromatic carbocycles. The Morgan fingerprint density at radius 1 is 1.48 bits per heavy atom. The fourth-order valence-corrected chi connectivity index (χ4v) is 2.62. The van der Waals surface area contributed by atoms with Crippen molar-refractivity contribution >= 4 is 5.69 Å². The molecule has 1 heterocycles. The molecule has 0 amide bonds. The first kappa shape index (κ1) is 15.7. The molecule has 1 aliphatic rings. The highest BCUT2D eigenvalue weighted by atomic mass is 19.4. The maximum absolute atomic E-state index is 12.7. The van der Waals surface area contributed by atoms with Crippen LogP contribution in [-0.4, -0.2) is 33.5 Å². The topological polar surface area (TPSA) is 73.0 Å². The van der Waals surface area contributed by atoms with Crippen molar-refractivity contribution in [3.05, 3.63) is 22.5 Å². The van der Waals surface area contributed by atoms with Crippen LogP contribution in [0.25, 0.3) is 0 Å². The third-order valence-corrected chi connectivity index (χ3v) is 3.74. The van der Waals surface area contributed by atoms with E-state index in [-0.39, 0.29) is 24.6 Å². The second-order valence-corrected chi connectivity index (χ2v) is 5.27.